The van der Waals surface area contributed by atoms with Gasteiger partial charge in [0.2, 0.25) is 11.8 Å². The Morgan fingerprint density at radius 2 is 1.93 bits per heavy atom. The molecule has 28 heavy (non-hydrogen) atoms. The average Bonchev–Trinajstić information content (AvgIpc) is 2.68. The number of carbonyl (C=O) groups is 2. The number of halogens is 1. The summed E-state index contributed by atoms with van der Waals surface area (Å²) in [4.78, 5) is 24.3. The number of anilines is 1. The Bertz CT molecular complexity index is 963. The summed E-state index contributed by atoms with van der Waals surface area (Å²) in [6, 6.07) is 15.4. The molecule has 1 aliphatic rings. The number of nitriles is 1. The van der Waals surface area contributed by atoms with E-state index in [1.54, 1.807) is 0 Å². The maximum atomic E-state index is 12.9. The van der Waals surface area contributed by atoms with Gasteiger partial charge in [0.25, 0.3) is 0 Å². The maximum Gasteiger partial charge on any atom is 0.234 e. The van der Waals surface area contributed by atoms with Gasteiger partial charge >= 0.3 is 0 Å². The van der Waals surface area contributed by atoms with Crippen LogP contribution in [0.25, 0.3) is 0 Å². The van der Waals surface area contributed by atoms with Crippen molar-refractivity contribution in [3.05, 3.63) is 76.1 Å². The van der Waals surface area contributed by atoms with Gasteiger partial charge in [0, 0.05) is 18.0 Å². The summed E-state index contributed by atoms with van der Waals surface area (Å²) in [6.07, 6.45) is 0.192. The minimum atomic E-state index is -0.386. The molecule has 2 amide bonds. The largest absolute Gasteiger partial charge is 0.325 e. The first kappa shape index (κ1) is 19.6. The van der Waals surface area contributed by atoms with Gasteiger partial charge in [-0.05, 0) is 36.8 Å². The van der Waals surface area contributed by atoms with E-state index < -0.39 is 0 Å². The van der Waals surface area contributed by atoms with Gasteiger partial charge < -0.3 is 10.6 Å². The highest BCUT2D eigenvalue weighted by Gasteiger charge is 2.29. The molecule has 1 aliphatic heterocycles. The first-order chi connectivity index (χ1) is 13.5. The van der Waals surface area contributed by atoms with E-state index in [0.717, 1.165) is 22.9 Å². The molecule has 7 heteroatoms. The van der Waals surface area contributed by atoms with Crippen LogP contribution >= 0.6 is 11.8 Å². The highest BCUT2D eigenvalue weighted by atomic mass is 32.2. The molecule has 2 N–H and O–H groups in total. The summed E-state index contributed by atoms with van der Waals surface area (Å²) in [7, 11) is 0. The van der Waals surface area contributed by atoms with Gasteiger partial charge in [-0.3, -0.25) is 9.59 Å². The third-order valence-corrected chi connectivity index (χ3v) is 5.33. The molecule has 1 heterocycles. The molecule has 0 saturated carbocycles. The van der Waals surface area contributed by atoms with Gasteiger partial charge in [-0.2, -0.15) is 5.26 Å². The summed E-state index contributed by atoms with van der Waals surface area (Å²) in [6.45, 7) is 1.97. The molecule has 1 atom stereocenters. The number of nitrogens with one attached hydrogen (secondary N) is 2. The zero-order valence-electron chi connectivity index (χ0n) is 15.2. The molecule has 142 valence electrons. The lowest BCUT2D eigenvalue weighted by Gasteiger charge is -2.25. The SMILES string of the molecule is Cc1ccc([C@@H]2CC(=O)NC(SCC(=O)Nc3ccc(F)cc3)=C2C#N)cc1. The number of benzene rings is 2. The van der Waals surface area contributed by atoms with Crippen LogP contribution < -0.4 is 10.6 Å². The van der Waals surface area contributed by atoms with E-state index in [9.17, 15) is 19.2 Å². The third kappa shape index (κ3) is 4.78. The fourth-order valence-electron chi connectivity index (χ4n) is 2.88. The quantitative estimate of drug-likeness (QED) is 0.806. The van der Waals surface area contributed by atoms with Crippen molar-refractivity contribution in [3.63, 3.8) is 0 Å². The molecule has 0 fully saturated rings. The normalized spacial score (nSPS) is 16.3. The monoisotopic (exact) mass is 395 g/mol. The van der Waals surface area contributed by atoms with Crippen LogP contribution in [-0.4, -0.2) is 17.6 Å². The van der Waals surface area contributed by atoms with Gasteiger partial charge in [-0.1, -0.05) is 41.6 Å². The smallest absolute Gasteiger partial charge is 0.234 e. The number of aryl methyl sites for hydroxylation is 1. The predicted octanol–water partition coefficient (Wildman–Crippen LogP) is 3.84. The number of thioether (sulfide) groups is 1. The van der Waals surface area contributed by atoms with Crippen LogP contribution in [0.5, 0.6) is 0 Å². The maximum absolute atomic E-state index is 12.9. The molecule has 2 aromatic rings. The molecule has 0 aliphatic carbocycles. The van der Waals surface area contributed by atoms with E-state index >= 15 is 0 Å². The van der Waals surface area contributed by atoms with E-state index in [0.29, 0.717) is 16.3 Å². The van der Waals surface area contributed by atoms with Crippen molar-refractivity contribution in [2.24, 2.45) is 0 Å². The predicted molar refractivity (Wildman–Crippen MR) is 107 cm³/mol. The van der Waals surface area contributed by atoms with Gasteiger partial charge in [0.05, 0.1) is 22.4 Å². The second-order valence-electron chi connectivity index (χ2n) is 6.41. The van der Waals surface area contributed by atoms with Gasteiger partial charge in [-0.25, -0.2) is 4.39 Å². The van der Waals surface area contributed by atoms with E-state index in [4.69, 9.17) is 0 Å². The van der Waals surface area contributed by atoms with E-state index in [1.165, 1.54) is 24.3 Å². The minimum absolute atomic E-state index is 0.0127. The molecule has 2 aromatic carbocycles. The Labute approximate surface area is 166 Å². The average molecular weight is 395 g/mol. The standard InChI is InChI=1S/C21H18FN3O2S/c1-13-2-4-14(5-3-13)17-10-19(26)25-21(18(17)11-23)28-12-20(27)24-16-8-6-15(22)7-9-16/h2-9,17H,10,12H2,1H3,(H,24,27)(H,25,26)/t17-/m0/s1. The van der Waals surface area contributed by atoms with Crippen LogP contribution in [0.3, 0.4) is 0 Å². The number of hydrogen-bond donors (Lipinski definition) is 2. The summed E-state index contributed by atoms with van der Waals surface area (Å²) >= 11 is 1.10. The van der Waals surface area contributed by atoms with Gasteiger partial charge in [-0.15, -0.1) is 0 Å². The van der Waals surface area contributed by atoms with Crippen molar-refractivity contribution in [2.75, 3.05) is 11.1 Å². The highest BCUT2D eigenvalue weighted by molar-refractivity contribution is 8.03. The third-order valence-electron chi connectivity index (χ3n) is 4.31. The molecular weight excluding hydrogens is 377 g/mol. The lowest BCUT2D eigenvalue weighted by atomic mass is 9.87. The molecule has 3 rings (SSSR count). The first-order valence-corrected chi connectivity index (χ1v) is 9.63. The van der Waals surface area contributed by atoms with E-state index in [-0.39, 0.29) is 35.7 Å². The molecule has 0 unspecified atom stereocenters. The number of carbonyl (C=O) groups excluding carboxylic acids is 2. The highest BCUT2D eigenvalue weighted by Crippen LogP contribution is 2.36. The Hall–Kier alpha value is -3.11. The lowest BCUT2D eigenvalue weighted by molar-refractivity contribution is -0.121. The van der Waals surface area contributed by atoms with Crippen LogP contribution in [-0.2, 0) is 9.59 Å². The summed E-state index contributed by atoms with van der Waals surface area (Å²) < 4.78 is 12.9. The Kier molecular flexibility index (Phi) is 6.12. The molecule has 0 bridgehead atoms. The Morgan fingerprint density at radius 3 is 2.57 bits per heavy atom. The van der Waals surface area contributed by atoms with Crippen LogP contribution in [0.15, 0.2) is 59.1 Å². The number of allylic oxidation sites excluding steroid dienone is 1. The Morgan fingerprint density at radius 1 is 1.25 bits per heavy atom. The number of hydrogen-bond acceptors (Lipinski definition) is 4. The first-order valence-electron chi connectivity index (χ1n) is 8.65. The molecule has 0 spiro atoms. The molecular formula is C21H18FN3O2S. The summed E-state index contributed by atoms with van der Waals surface area (Å²) in [5.74, 6) is -1.21. The van der Waals surface area contributed by atoms with Crippen LogP contribution in [0.4, 0.5) is 10.1 Å². The zero-order chi connectivity index (χ0) is 20.1. The van der Waals surface area contributed by atoms with Gasteiger partial charge in [0.1, 0.15) is 5.82 Å². The topological polar surface area (TPSA) is 82.0 Å². The van der Waals surface area contributed by atoms with E-state index in [2.05, 4.69) is 16.7 Å². The molecule has 5 nitrogen and oxygen atoms in total. The number of rotatable bonds is 5. The van der Waals surface area contributed by atoms with Crippen molar-refractivity contribution in [2.45, 2.75) is 19.3 Å². The fourth-order valence-corrected chi connectivity index (χ4v) is 3.76. The molecule has 0 aromatic heterocycles. The van der Waals surface area contributed by atoms with Crippen molar-refractivity contribution >= 4 is 29.3 Å². The summed E-state index contributed by atoms with van der Waals surface area (Å²) in [5.41, 5.74) is 2.92. The van der Waals surface area contributed by atoms with Crippen molar-refractivity contribution < 1.29 is 14.0 Å². The Balaban J connectivity index is 1.73. The van der Waals surface area contributed by atoms with Crippen LogP contribution in [0, 0.1) is 24.1 Å². The van der Waals surface area contributed by atoms with Crippen molar-refractivity contribution in [3.8, 4) is 6.07 Å². The van der Waals surface area contributed by atoms with Crippen molar-refractivity contribution in [1.29, 1.82) is 5.26 Å². The molecule has 0 radical (unpaired) electrons. The van der Waals surface area contributed by atoms with Gasteiger partial charge in [0.15, 0.2) is 0 Å². The zero-order valence-corrected chi connectivity index (χ0v) is 16.0. The van der Waals surface area contributed by atoms with E-state index in [1.807, 2.05) is 31.2 Å². The minimum Gasteiger partial charge on any atom is -0.325 e. The van der Waals surface area contributed by atoms with Crippen LogP contribution in [0.2, 0.25) is 0 Å². The second kappa shape index (κ2) is 8.72. The van der Waals surface area contributed by atoms with Crippen molar-refractivity contribution in [1.82, 2.24) is 5.32 Å². The number of nitrogens with zero attached hydrogens (tertiary/aromatic N) is 1. The lowest BCUT2D eigenvalue weighted by Crippen LogP contribution is -2.31. The molecule has 0 saturated heterocycles. The number of amides is 2. The summed E-state index contributed by atoms with van der Waals surface area (Å²) in [5, 5.41) is 15.4. The fraction of sp³-hybridized carbons (Fsp3) is 0.190. The second-order valence-corrected chi connectivity index (χ2v) is 7.40. The van der Waals surface area contributed by atoms with Crippen LogP contribution in [0.1, 0.15) is 23.5 Å².